The minimum absolute atomic E-state index is 0.854. The fraction of sp³-hybridized carbons (Fsp3) is 0.121. The monoisotopic (exact) mass is 916 g/mol. The second-order valence-electron chi connectivity index (χ2n) is 19.7. The van der Waals surface area contributed by atoms with Gasteiger partial charge in [-0.2, -0.15) is 0 Å². The molecule has 0 saturated carbocycles. The number of hydrogen-bond donors (Lipinski definition) is 0. The summed E-state index contributed by atoms with van der Waals surface area (Å²) in [7, 11) is 0. The Labute approximate surface area is 410 Å². The maximum atomic E-state index is 7.25. The molecule has 0 unspecified atom stereocenters. The Hall–Kier alpha value is -8.54. The third kappa shape index (κ3) is 6.60. The SMILES string of the molecule is c1ccc(-c2c(N(c3ccc4c(c3)CCCC4)c3ccc4c(c3)oc3ccccc34)ccc3c2oc2cc4cc(N(c5ccc6c(c5)CCCC6)c5ccc6c(c5)oc5ccccc56)ccc4cc23)cc1. The summed E-state index contributed by atoms with van der Waals surface area (Å²) in [5.74, 6) is 0. The highest BCUT2D eigenvalue weighted by molar-refractivity contribution is 6.16. The van der Waals surface area contributed by atoms with Gasteiger partial charge in [0.1, 0.15) is 33.5 Å². The molecule has 13 aromatic rings. The van der Waals surface area contributed by atoms with Crippen LogP contribution in [0.25, 0.3) is 87.7 Å². The molecule has 5 nitrogen and oxygen atoms in total. The Morgan fingerprint density at radius 1 is 0.296 bits per heavy atom. The van der Waals surface area contributed by atoms with Crippen LogP contribution >= 0.6 is 0 Å². The number of anilines is 6. The van der Waals surface area contributed by atoms with Crippen molar-refractivity contribution in [2.75, 3.05) is 9.80 Å². The van der Waals surface area contributed by atoms with Gasteiger partial charge in [0, 0.05) is 78.5 Å². The van der Waals surface area contributed by atoms with Crippen LogP contribution in [0.4, 0.5) is 34.1 Å². The molecule has 0 N–H and O–H groups in total. The predicted molar refractivity (Wildman–Crippen MR) is 294 cm³/mol. The maximum Gasteiger partial charge on any atom is 0.145 e. The summed E-state index contributed by atoms with van der Waals surface area (Å²) in [5.41, 5.74) is 19.7. The van der Waals surface area contributed by atoms with Crippen LogP contribution in [-0.2, 0) is 25.7 Å². The molecule has 0 aliphatic heterocycles. The van der Waals surface area contributed by atoms with Gasteiger partial charge in [-0.1, -0.05) is 84.9 Å². The lowest BCUT2D eigenvalue weighted by atomic mass is 9.91. The van der Waals surface area contributed by atoms with Crippen LogP contribution in [0.1, 0.15) is 47.9 Å². The van der Waals surface area contributed by atoms with E-state index in [1.54, 1.807) is 0 Å². The van der Waals surface area contributed by atoms with Gasteiger partial charge in [-0.15, -0.1) is 0 Å². The van der Waals surface area contributed by atoms with Gasteiger partial charge >= 0.3 is 0 Å². The minimum atomic E-state index is 0.854. The van der Waals surface area contributed by atoms with Crippen LogP contribution in [0.5, 0.6) is 0 Å². The number of para-hydroxylation sites is 2. The van der Waals surface area contributed by atoms with Crippen molar-refractivity contribution in [2.45, 2.75) is 51.4 Å². The first-order chi connectivity index (χ1) is 35.1. The van der Waals surface area contributed by atoms with Crippen molar-refractivity contribution in [3.63, 3.8) is 0 Å². The summed E-state index contributed by atoms with van der Waals surface area (Å²) in [4.78, 5) is 4.80. The third-order valence-electron chi connectivity index (χ3n) is 15.5. The van der Waals surface area contributed by atoms with Gasteiger partial charge in [0.2, 0.25) is 0 Å². The van der Waals surface area contributed by atoms with E-state index >= 15 is 0 Å². The molecule has 3 aromatic heterocycles. The summed E-state index contributed by atoms with van der Waals surface area (Å²) in [6.45, 7) is 0. The molecule has 0 atom stereocenters. The quantitative estimate of drug-likeness (QED) is 0.159. The average Bonchev–Trinajstić information content (AvgIpc) is 4.11. The van der Waals surface area contributed by atoms with Gasteiger partial charge in [0.15, 0.2) is 0 Å². The molecule has 2 aliphatic carbocycles. The summed E-state index contributed by atoms with van der Waals surface area (Å²) < 4.78 is 20.3. The zero-order valence-electron chi connectivity index (χ0n) is 39.3. The molecule has 340 valence electrons. The minimum Gasteiger partial charge on any atom is -0.456 e. The van der Waals surface area contributed by atoms with E-state index in [4.69, 9.17) is 13.3 Å². The van der Waals surface area contributed by atoms with Gasteiger partial charge < -0.3 is 23.1 Å². The first kappa shape index (κ1) is 40.4. The molecular weight excluding hydrogens is 869 g/mol. The lowest BCUT2D eigenvalue weighted by molar-refractivity contribution is 0.668. The van der Waals surface area contributed by atoms with Crippen molar-refractivity contribution in [1.29, 1.82) is 0 Å². The highest BCUT2D eigenvalue weighted by Gasteiger charge is 2.26. The Morgan fingerprint density at radius 2 is 0.789 bits per heavy atom. The summed E-state index contributed by atoms with van der Waals surface area (Å²) in [5, 5.41) is 8.93. The highest BCUT2D eigenvalue weighted by Crippen LogP contribution is 2.49. The summed E-state index contributed by atoms with van der Waals surface area (Å²) in [6.07, 6.45) is 9.39. The fourth-order valence-electron chi connectivity index (χ4n) is 12.1. The second kappa shape index (κ2) is 16.0. The van der Waals surface area contributed by atoms with E-state index in [0.717, 1.165) is 148 Å². The first-order valence-electron chi connectivity index (χ1n) is 25.3. The number of aryl methyl sites for hydroxylation is 4. The van der Waals surface area contributed by atoms with Gasteiger partial charge in [-0.05, 0) is 187 Å². The smallest absolute Gasteiger partial charge is 0.145 e. The van der Waals surface area contributed by atoms with Crippen LogP contribution in [0, 0.1) is 0 Å². The fourth-order valence-corrected chi connectivity index (χ4v) is 12.1. The Bertz CT molecular complexity index is 4270. The van der Waals surface area contributed by atoms with Crippen LogP contribution in [0.3, 0.4) is 0 Å². The molecule has 0 saturated heterocycles. The van der Waals surface area contributed by atoms with Crippen molar-refractivity contribution in [3.8, 4) is 11.1 Å². The molecule has 0 fully saturated rings. The number of nitrogens with zero attached hydrogens (tertiary/aromatic N) is 2. The van der Waals surface area contributed by atoms with E-state index in [9.17, 15) is 0 Å². The van der Waals surface area contributed by atoms with Crippen molar-refractivity contribution >= 4 is 111 Å². The molecule has 10 aromatic carbocycles. The summed E-state index contributed by atoms with van der Waals surface area (Å²) in [6, 6.07) is 70.8. The Morgan fingerprint density at radius 3 is 1.45 bits per heavy atom. The second-order valence-corrected chi connectivity index (χ2v) is 19.7. The van der Waals surface area contributed by atoms with E-state index in [1.165, 1.54) is 47.9 Å². The largest absolute Gasteiger partial charge is 0.456 e. The van der Waals surface area contributed by atoms with E-state index in [1.807, 2.05) is 12.1 Å². The molecule has 3 heterocycles. The van der Waals surface area contributed by atoms with Gasteiger partial charge in [0.05, 0.1) is 5.69 Å². The number of furan rings is 3. The lowest BCUT2D eigenvalue weighted by Crippen LogP contribution is -2.13. The standard InChI is InChI=1S/C66H48N2O3/c1-2-14-43(15-3-1)65-59(68(50-26-23-42-13-5-7-17-45(42)35-50)52-29-31-56-54-19-9-11-21-61(54)70-64(56)40-52)33-32-57-58-37-46-24-27-49(36-47(46)38-62(58)71-66(57)65)67(48-25-22-41-12-4-6-16-44(41)34-48)51-28-30-55-53-18-8-10-20-60(53)69-63(55)39-51/h1-3,8-11,14-15,18-40H,4-7,12-13,16-17H2. The van der Waals surface area contributed by atoms with Crippen LogP contribution in [0.15, 0.2) is 207 Å². The normalized spacial score (nSPS) is 13.7. The van der Waals surface area contributed by atoms with Crippen molar-refractivity contribution < 1.29 is 13.3 Å². The van der Waals surface area contributed by atoms with Gasteiger partial charge in [0.25, 0.3) is 0 Å². The molecule has 0 spiro atoms. The molecular formula is C66H48N2O3. The van der Waals surface area contributed by atoms with Crippen LogP contribution in [-0.4, -0.2) is 0 Å². The van der Waals surface area contributed by atoms with Crippen LogP contribution < -0.4 is 9.80 Å². The van der Waals surface area contributed by atoms with Gasteiger partial charge in [-0.25, -0.2) is 0 Å². The number of benzene rings is 10. The summed E-state index contributed by atoms with van der Waals surface area (Å²) >= 11 is 0. The third-order valence-corrected chi connectivity index (χ3v) is 15.5. The molecule has 71 heavy (non-hydrogen) atoms. The van der Waals surface area contributed by atoms with Crippen molar-refractivity contribution in [2.24, 2.45) is 0 Å². The molecule has 2 aliphatic rings. The first-order valence-corrected chi connectivity index (χ1v) is 25.3. The molecule has 15 rings (SSSR count). The number of hydrogen-bond acceptors (Lipinski definition) is 5. The number of fused-ring (bicyclic) bond motifs is 12. The lowest BCUT2D eigenvalue weighted by Gasteiger charge is -2.29. The molecule has 5 heteroatoms. The predicted octanol–water partition coefficient (Wildman–Crippen LogP) is 18.9. The molecule has 0 radical (unpaired) electrons. The topological polar surface area (TPSA) is 45.9 Å². The van der Waals surface area contributed by atoms with E-state index in [-0.39, 0.29) is 0 Å². The Balaban J connectivity index is 0.915. The number of rotatable bonds is 7. The van der Waals surface area contributed by atoms with E-state index in [2.05, 4.69) is 192 Å². The zero-order chi connectivity index (χ0) is 46.6. The highest BCUT2D eigenvalue weighted by atomic mass is 16.3. The molecule has 0 amide bonds. The van der Waals surface area contributed by atoms with Crippen LogP contribution in [0.2, 0.25) is 0 Å². The van der Waals surface area contributed by atoms with Crippen molar-refractivity contribution in [1.82, 2.24) is 0 Å². The van der Waals surface area contributed by atoms with Gasteiger partial charge in [-0.3, -0.25) is 0 Å². The zero-order valence-corrected chi connectivity index (χ0v) is 39.3. The molecule has 0 bridgehead atoms. The maximum absolute atomic E-state index is 7.25. The van der Waals surface area contributed by atoms with Crippen molar-refractivity contribution in [3.05, 3.63) is 216 Å². The average molecular weight is 917 g/mol. The van der Waals surface area contributed by atoms with E-state index < -0.39 is 0 Å². The Kier molecular flexibility index (Phi) is 9.10. The van der Waals surface area contributed by atoms with E-state index in [0.29, 0.717) is 0 Å².